The van der Waals surface area contributed by atoms with E-state index in [2.05, 4.69) is 20.7 Å². The van der Waals surface area contributed by atoms with Crippen molar-refractivity contribution in [3.05, 3.63) is 58.1 Å². The van der Waals surface area contributed by atoms with Crippen LogP contribution in [0.3, 0.4) is 0 Å². The van der Waals surface area contributed by atoms with Crippen molar-refractivity contribution in [1.29, 1.82) is 0 Å². The van der Waals surface area contributed by atoms with E-state index in [1.165, 1.54) is 37.3 Å². The highest BCUT2D eigenvalue weighted by Crippen LogP contribution is 2.28. The Hall–Kier alpha value is -2.22. The zero-order chi connectivity index (χ0) is 18.6. The van der Waals surface area contributed by atoms with Crippen LogP contribution in [0.4, 0.5) is 13.2 Å². The van der Waals surface area contributed by atoms with Crippen LogP contribution in [-0.2, 0) is 6.54 Å². The second-order valence-electron chi connectivity index (χ2n) is 5.16. The first-order valence-electron chi connectivity index (χ1n) is 7.14. The molecule has 0 radical (unpaired) electrons. The summed E-state index contributed by atoms with van der Waals surface area (Å²) in [5.41, 5.74) is 0.589. The van der Waals surface area contributed by atoms with Gasteiger partial charge in [-0.15, -0.1) is 13.2 Å². The molecule has 134 valence electrons. The summed E-state index contributed by atoms with van der Waals surface area (Å²) in [7, 11) is 2.98. The molecule has 1 amide bonds. The van der Waals surface area contributed by atoms with Crippen molar-refractivity contribution >= 4 is 21.8 Å². The van der Waals surface area contributed by atoms with E-state index in [0.29, 0.717) is 15.8 Å². The van der Waals surface area contributed by atoms with E-state index in [-0.39, 0.29) is 23.8 Å². The number of alkyl halides is 3. The summed E-state index contributed by atoms with van der Waals surface area (Å²) in [5, 5.41) is 0. The van der Waals surface area contributed by atoms with Crippen molar-refractivity contribution in [2.75, 3.05) is 14.2 Å². The van der Waals surface area contributed by atoms with Crippen molar-refractivity contribution < 1.29 is 27.4 Å². The molecule has 0 atom stereocenters. The SMILES string of the molecule is COc1ccc(Br)c(C(=O)N(C)Cc2ccccc2OC(F)(F)F)c1. The molecular formula is C17H15BrF3NO3. The van der Waals surface area contributed by atoms with Crippen molar-refractivity contribution in [2.24, 2.45) is 0 Å². The average Bonchev–Trinajstić information content (AvgIpc) is 2.55. The van der Waals surface area contributed by atoms with E-state index in [1.807, 2.05) is 0 Å². The van der Waals surface area contributed by atoms with E-state index >= 15 is 0 Å². The lowest BCUT2D eigenvalue weighted by atomic mass is 10.1. The minimum absolute atomic E-state index is 0.0469. The van der Waals surface area contributed by atoms with E-state index in [0.717, 1.165) is 0 Å². The number of halogens is 4. The van der Waals surface area contributed by atoms with Gasteiger partial charge in [-0.25, -0.2) is 0 Å². The standard InChI is InChI=1S/C17H15BrF3NO3/c1-22(16(23)13-9-12(24-2)7-8-14(13)18)10-11-5-3-4-6-15(11)25-17(19,20)21/h3-9H,10H2,1-2H3. The van der Waals surface area contributed by atoms with Crippen molar-refractivity contribution in [3.63, 3.8) is 0 Å². The fourth-order valence-electron chi connectivity index (χ4n) is 2.19. The molecule has 0 aliphatic heterocycles. The number of carbonyl (C=O) groups excluding carboxylic acids is 1. The largest absolute Gasteiger partial charge is 0.573 e. The van der Waals surface area contributed by atoms with Gasteiger partial charge in [0.25, 0.3) is 5.91 Å². The molecular weight excluding hydrogens is 403 g/mol. The molecule has 0 spiro atoms. The lowest BCUT2D eigenvalue weighted by molar-refractivity contribution is -0.275. The molecule has 0 fully saturated rings. The summed E-state index contributed by atoms with van der Waals surface area (Å²) in [4.78, 5) is 13.9. The van der Waals surface area contributed by atoms with E-state index in [9.17, 15) is 18.0 Å². The number of rotatable bonds is 5. The Morgan fingerprint density at radius 3 is 2.52 bits per heavy atom. The maximum Gasteiger partial charge on any atom is 0.573 e. The maximum atomic E-state index is 12.6. The molecule has 0 aromatic heterocycles. The van der Waals surface area contributed by atoms with Crippen LogP contribution in [0, 0.1) is 0 Å². The maximum absolute atomic E-state index is 12.6. The number of hydrogen-bond acceptors (Lipinski definition) is 3. The number of ether oxygens (including phenoxy) is 2. The molecule has 0 bridgehead atoms. The van der Waals surface area contributed by atoms with Crippen LogP contribution < -0.4 is 9.47 Å². The normalized spacial score (nSPS) is 11.1. The van der Waals surface area contributed by atoms with E-state index < -0.39 is 6.36 Å². The van der Waals surface area contributed by atoms with Gasteiger partial charge in [0.05, 0.1) is 12.7 Å². The predicted molar refractivity (Wildman–Crippen MR) is 89.6 cm³/mol. The molecule has 2 aromatic carbocycles. The Balaban J connectivity index is 2.23. The first-order valence-corrected chi connectivity index (χ1v) is 7.93. The summed E-state index contributed by atoms with van der Waals surface area (Å²) < 4.78 is 47.2. The van der Waals surface area contributed by atoms with Crippen LogP contribution in [0.5, 0.6) is 11.5 Å². The Morgan fingerprint density at radius 2 is 1.88 bits per heavy atom. The Labute approximate surface area is 151 Å². The second-order valence-corrected chi connectivity index (χ2v) is 6.02. The molecule has 0 N–H and O–H groups in total. The highest BCUT2D eigenvalue weighted by molar-refractivity contribution is 9.10. The van der Waals surface area contributed by atoms with Gasteiger partial charge in [-0.2, -0.15) is 0 Å². The van der Waals surface area contributed by atoms with Gasteiger partial charge >= 0.3 is 6.36 Å². The third-order valence-corrected chi connectivity index (χ3v) is 4.05. The first-order chi connectivity index (χ1) is 11.7. The molecule has 0 saturated carbocycles. The summed E-state index contributed by atoms with van der Waals surface area (Å²) in [5.74, 6) is -0.201. The second kappa shape index (κ2) is 7.77. The molecule has 0 aliphatic rings. The highest BCUT2D eigenvalue weighted by atomic mass is 79.9. The third-order valence-electron chi connectivity index (χ3n) is 3.36. The van der Waals surface area contributed by atoms with Gasteiger partial charge in [-0.3, -0.25) is 4.79 Å². The van der Waals surface area contributed by atoms with E-state index in [1.54, 1.807) is 24.3 Å². The smallest absolute Gasteiger partial charge is 0.497 e. The van der Waals surface area contributed by atoms with Gasteiger partial charge in [0, 0.05) is 23.6 Å². The Morgan fingerprint density at radius 1 is 1.20 bits per heavy atom. The summed E-state index contributed by atoms with van der Waals surface area (Å²) >= 11 is 3.29. The number of methoxy groups -OCH3 is 1. The fraction of sp³-hybridized carbons (Fsp3) is 0.235. The zero-order valence-electron chi connectivity index (χ0n) is 13.4. The quantitative estimate of drug-likeness (QED) is 0.711. The fourth-order valence-corrected chi connectivity index (χ4v) is 2.60. The molecule has 2 aromatic rings. The number of benzene rings is 2. The highest BCUT2D eigenvalue weighted by Gasteiger charge is 2.32. The zero-order valence-corrected chi connectivity index (χ0v) is 15.0. The topological polar surface area (TPSA) is 38.8 Å². The number of carbonyl (C=O) groups is 1. The molecule has 8 heteroatoms. The summed E-state index contributed by atoms with van der Waals surface area (Å²) in [6, 6.07) is 10.6. The molecule has 0 unspecified atom stereocenters. The van der Waals surface area contributed by atoms with E-state index in [4.69, 9.17) is 4.74 Å². The van der Waals surface area contributed by atoms with Gasteiger partial charge in [0.2, 0.25) is 0 Å². The number of nitrogens with zero attached hydrogens (tertiary/aromatic N) is 1. The number of para-hydroxylation sites is 1. The van der Waals surface area contributed by atoms with Crippen molar-refractivity contribution in [3.8, 4) is 11.5 Å². The lowest BCUT2D eigenvalue weighted by Gasteiger charge is -2.20. The predicted octanol–water partition coefficient (Wildman–Crippen LogP) is 4.63. The lowest BCUT2D eigenvalue weighted by Crippen LogP contribution is -2.27. The van der Waals surface area contributed by atoms with Gasteiger partial charge in [-0.05, 0) is 40.2 Å². The molecule has 4 nitrogen and oxygen atoms in total. The molecule has 0 heterocycles. The van der Waals surface area contributed by atoms with Crippen LogP contribution in [0.25, 0.3) is 0 Å². The van der Waals surface area contributed by atoms with Crippen LogP contribution >= 0.6 is 15.9 Å². The minimum Gasteiger partial charge on any atom is -0.497 e. The Bertz CT molecular complexity index is 765. The third kappa shape index (κ3) is 5.12. The molecule has 0 aliphatic carbocycles. The monoisotopic (exact) mass is 417 g/mol. The van der Waals surface area contributed by atoms with Crippen molar-refractivity contribution in [2.45, 2.75) is 12.9 Å². The van der Waals surface area contributed by atoms with Gasteiger partial charge < -0.3 is 14.4 Å². The van der Waals surface area contributed by atoms with Gasteiger partial charge in [-0.1, -0.05) is 18.2 Å². The van der Waals surface area contributed by atoms with Crippen molar-refractivity contribution in [1.82, 2.24) is 4.90 Å². The number of hydrogen-bond donors (Lipinski definition) is 0. The average molecular weight is 418 g/mol. The Kier molecular flexibility index (Phi) is 5.94. The molecule has 0 saturated heterocycles. The van der Waals surface area contributed by atoms with Gasteiger partial charge in [0.1, 0.15) is 11.5 Å². The molecule has 2 rings (SSSR count). The van der Waals surface area contributed by atoms with Gasteiger partial charge in [0.15, 0.2) is 0 Å². The minimum atomic E-state index is -4.80. The summed E-state index contributed by atoms with van der Waals surface area (Å²) in [6.07, 6.45) is -4.80. The first kappa shape index (κ1) is 19.1. The van der Waals surface area contributed by atoms with Crippen LogP contribution in [0.1, 0.15) is 15.9 Å². The molecule has 25 heavy (non-hydrogen) atoms. The van der Waals surface area contributed by atoms with Crippen LogP contribution in [0.15, 0.2) is 46.9 Å². The number of amides is 1. The van der Waals surface area contributed by atoms with Crippen LogP contribution in [-0.4, -0.2) is 31.3 Å². The van der Waals surface area contributed by atoms with Crippen LogP contribution in [0.2, 0.25) is 0 Å². The summed E-state index contributed by atoms with van der Waals surface area (Å²) in [6.45, 7) is -0.0469.